The lowest BCUT2D eigenvalue weighted by molar-refractivity contribution is -0.123. The Morgan fingerprint density at radius 3 is 0.952 bits per heavy atom. The molecule has 0 aromatic carbocycles. The van der Waals surface area contributed by atoms with Crippen LogP contribution in [-0.4, -0.2) is 24.9 Å². The van der Waals surface area contributed by atoms with Crippen LogP contribution in [0.15, 0.2) is 12.2 Å². The van der Waals surface area contributed by atoms with Crippen LogP contribution in [0.2, 0.25) is 0 Å². The van der Waals surface area contributed by atoms with Gasteiger partial charge in [-0.15, -0.1) is 0 Å². The molecule has 0 unspecified atom stereocenters. The Balaban J connectivity index is 3.30. The van der Waals surface area contributed by atoms with Crippen molar-refractivity contribution >= 4 is 11.8 Å². The first-order valence-electron chi connectivity index (χ1n) is 18.9. The molecule has 0 fully saturated rings. The van der Waals surface area contributed by atoms with E-state index in [1.165, 1.54) is 154 Å². The first-order valence-corrected chi connectivity index (χ1v) is 18.9. The van der Waals surface area contributed by atoms with Gasteiger partial charge in [-0.05, 0) is 38.5 Å². The third kappa shape index (κ3) is 34.9. The Labute approximate surface area is 263 Å². The molecule has 2 N–H and O–H groups in total. The summed E-state index contributed by atoms with van der Waals surface area (Å²) in [4.78, 5) is 24.0. The standard InChI is InChI=1S/C38H74N2O2/c1-3-5-7-9-11-13-15-17-19-21-23-25-27-29-31-33-37(41)39-35-36-40-38(42)34-32-30-28-26-24-22-20-18-16-14-12-10-8-6-4-2/h17,19H,3-16,18,20-36H2,1-2H3,(H,39,41)(H,40,42). The molecule has 0 heterocycles. The van der Waals surface area contributed by atoms with Crippen LogP contribution in [-0.2, 0) is 9.59 Å². The molecular weight excluding hydrogens is 516 g/mol. The SMILES string of the molecule is CCCCCCCCC=CCCCCCCCC(=O)NCCNC(=O)CCCCCCCCCCCCCCCCC. The molecule has 4 heteroatoms. The lowest BCUT2D eigenvalue weighted by atomic mass is 10.0. The van der Waals surface area contributed by atoms with Gasteiger partial charge >= 0.3 is 0 Å². The number of nitrogens with one attached hydrogen (secondary N) is 2. The smallest absolute Gasteiger partial charge is 0.220 e. The summed E-state index contributed by atoms with van der Waals surface area (Å²) >= 11 is 0. The first kappa shape index (κ1) is 40.7. The number of hydrogen-bond donors (Lipinski definition) is 2. The fourth-order valence-corrected chi connectivity index (χ4v) is 5.59. The minimum absolute atomic E-state index is 0.115. The van der Waals surface area contributed by atoms with E-state index in [9.17, 15) is 9.59 Å². The molecule has 0 saturated carbocycles. The zero-order valence-corrected chi connectivity index (χ0v) is 28.6. The Bertz CT molecular complexity index is 590. The van der Waals surface area contributed by atoms with Gasteiger partial charge in [0.1, 0.15) is 0 Å². The van der Waals surface area contributed by atoms with Gasteiger partial charge < -0.3 is 10.6 Å². The maximum absolute atomic E-state index is 12.0. The largest absolute Gasteiger partial charge is 0.354 e. The second-order valence-corrected chi connectivity index (χ2v) is 12.7. The van der Waals surface area contributed by atoms with E-state index in [2.05, 4.69) is 36.6 Å². The monoisotopic (exact) mass is 591 g/mol. The van der Waals surface area contributed by atoms with E-state index in [0.29, 0.717) is 25.9 Å². The predicted molar refractivity (Wildman–Crippen MR) is 185 cm³/mol. The highest BCUT2D eigenvalue weighted by molar-refractivity contribution is 5.77. The minimum atomic E-state index is 0.115. The number of amides is 2. The molecule has 0 aliphatic heterocycles. The fourth-order valence-electron chi connectivity index (χ4n) is 5.59. The van der Waals surface area contributed by atoms with Gasteiger partial charge in [0.2, 0.25) is 11.8 Å². The summed E-state index contributed by atoms with van der Waals surface area (Å²) in [5.41, 5.74) is 0. The van der Waals surface area contributed by atoms with Crippen molar-refractivity contribution in [2.24, 2.45) is 0 Å². The highest BCUT2D eigenvalue weighted by Crippen LogP contribution is 2.14. The lowest BCUT2D eigenvalue weighted by Crippen LogP contribution is -2.34. The van der Waals surface area contributed by atoms with E-state index >= 15 is 0 Å². The predicted octanol–water partition coefficient (Wildman–Crippen LogP) is 11.5. The normalized spacial score (nSPS) is 11.4. The zero-order valence-electron chi connectivity index (χ0n) is 28.6. The van der Waals surface area contributed by atoms with Crippen molar-refractivity contribution in [1.82, 2.24) is 10.6 Å². The van der Waals surface area contributed by atoms with Crippen LogP contribution in [0.5, 0.6) is 0 Å². The molecule has 0 aliphatic carbocycles. The highest BCUT2D eigenvalue weighted by Gasteiger charge is 2.03. The van der Waals surface area contributed by atoms with Gasteiger partial charge in [-0.1, -0.05) is 167 Å². The average Bonchev–Trinajstić information content (AvgIpc) is 2.99. The Kier molecular flexibility index (Phi) is 34.7. The molecule has 0 saturated heterocycles. The molecule has 0 bridgehead atoms. The Morgan fingerprint density at radius 2 is 0.643 bits per heavy atom. The van der Waals surface area contributed by atoms with E-state index in [4.69, 9.17) is 0 Å². The van der Waals surface area contributed by atoms with Crippen LogP contribution in [0.1, 0.15) is 206 Å². The van der Waals surface area contributed by atoms with E-state index in [1.54, 1.807) is 0 Å². The highest BCUT2D eigenvalue weighted by atomic mass is 16.2. The van der Waals surface area contributed by atoms with Crippen molar-refractivity contribution in [3.63, 3.8) is 0 Å². The molecule has 0 rings (SSSR count). The molecule has 0 radical (unpaired) electrons. The lowest BCUT2D eigenvalue weighted by Gasteiger charge is -2.07. The molecular formula is C38H74N2O2. The third-order valence-electron chi connectivity index (χ3n) is 8.44. The molecule has 248 valence electrons. The van der Waals surface area contributed by atoms with E-state index in [1.807, 2.05) is 0 Å². The van der Waals surface area contributed by atoms with Gasteiger partial charge in [0.05, 0.1) is 0 Å². The van der Waals surface area contributed by atoms with Gasteiger partial charge in [0, 0.05) is 25.9 Å². The summed E-state index contributed by atoms with van der Waals surface area (Å²) in [6, 6.07) is 0. The number of unbranched alkanes of at least 4 members (excludes halogenated alkanes) is 25. The van der Waals surface area contributed by atoms with Crippen LogP contribution < -0.4 is 10.6 Å². The molecule has 2 amide bonds. The van der Waals surface area contributed by atoms with Crippen molar-refractivity contribution in [2.45, 2.75) is 206 Å². The maximum Gasteiger partial charge on any atom is 0.220 e. The molecule has 42 heavy (non-hydrogen) atoms. The molecule has 0 atom stereocenters. The summed E-state index contributed by atoms with van der Waals surface area (Å²) in [7, 11) is 0. The molecule has 0 aromatic rings. The van der Waals surface area contributed by atoms with Gasteiger partial charge in [-0.2, -0.15) is 0 Å². The summed E-state index contributed by atoms with van der Waals surface area (Å²) < 4.78 is 0. The summed E-state index contributed by atoms with van der Waals surface area (Å²) in [6.45, 7) is 5.62. The van der Waals surface area contributed by atoms with Crippen molar-refractivity contribution in [2.75, 3.05) is 13.1 Å². The van der Waals surface area contributed by atoms with Crippen LogP contribution in [0, 0.1) is 0 Å². The summed E-state index contributed by atoms with van der Waals surface area (Å²) in [5, 5.41) is 5.90. The number of hydrogen-bond acceptors (Lipinski definition) is 2. The fraction of sp³-hybridized carbons (Fsp3) is 0.895. The Hall–Kier alpha value is -1.32. The number of allylic oxidation sites excluding steroid dienone is 2. The molecule has 4 nitrogen and oxygen atoms in total. The second kappa shape index (κ2) is 35.9. The first-order chi connectivity index (χ1) is 20.7. The summed E-state index contributed by atoms with van der Waals surface area (Å²) in [5.74, 6) is 0.237. The van der Waals surface area contributed by atoms with Gasteiger partial charge in [-0.3, -0.25) is 9.59 Å². The third-order valence-corrected chi connectivity index (χ3v) is 8.44. The van der Waals surface area contributed by atoms with Crippen molar-refractivity contribution in [3.05, 3.63) is 12.2 Å². The van der Waals surface area contributed by atoms with Crippen LogP contribution >= 0.6 is 0 Å². The quantitative estimate of drug-likeness (QED) is 0.0578. The molecule has 0 aromatic heterocycles. The average molecular weight is 591 g/mol. The van der Waals surface area contributed by atoms with Gasteiger partial charge in [0.25, 0.3) is 0 Å². The van der Waals surface area contributed by atoms with Crippen molar-refractivity contribution in [3.8, 4) is 0 Å². The minimum Gasteiger partial charge on any atom is -0.354 e. The van der Waals surface area contributed by atoms with Crippen LogP contribution in [0.3, 0.4) is 0 Å². The number of carbonyl (C=O) groups excluding carboxylic acids is 2. The maximum atomic E-state index is 12.0. The molecule has 0 aliphatic rings. The Morgan fingerprint density at radius 1 is 0.381 bits per heavy atom. The van der Waals surface area contributed by atoms with E-state index in [0.717, 1.165) is 25.7 Å². The summed E-state index contributed by atoms with van der Waals surface area (Å²) in [6.07, 6.45) is 42.5. The topological polar surface area (TPSA) is 58.2 Å². The van der Waals surface area contributed by atoms with Crippen LogP contribution in [0.4, 0.5) is 0 Å². The van der Waals surface area contributed by atoms with Crippen LogP contribution in [0.25, 0.3) is 0 Å². The van der Waals surface area contributed by atoms with Gasteiger partial charge in [-0.25, -0.2) is 0 Å². The van der Waals surface area contributed by atoms with Crippen molar-refractivity contribution in [1.29, 1.82) is 0 Å². The second-order valence-electron chi connectivity index (χ2n) is 12.7. The molecule has 0 spiro atoms. The van der Waals surface area contributed by atoms with Gasteiger partial charge in [0.15, 0.2) is 0 Å². The van der Waals surface area contributed by atoms with E-state index in [-0.39, 0.29) is 11.8 Å². The number of rotatable bonds is 34. The number of carbonyl (C=O) groups is 2. The van der Waals surface area contributed by atoms with E-state index < -0.39 is 0 Å². The zero-order chi connectivity index (χ0) is 30.6. The van der Waals surface area contributed by atoms with Crippen molar-refractivity contribution < 1.29 is 9.59 Å².